The molecule has 0 radical (unpaired) electrons. The Morgan fingerprint density at radius 1 is 1.32 bits per heavy atom. The number of thiophene rings is 1. The second-order valence-corrected chi connectivity index (χ2v) is 4.53. The molecular weight excluding hydrogens is 266 g/mol. The first-order valence-electron chi connectivity index (χ1n) is 5.28. The van der Waals surface area contributed by atoms with Crippen LogP contribution in [0.4, 0.5) is 0 Å². The molecule has 0 aromatic carbocycles. The summed E-state index contributed by atoms with van der Waals surface area (Å²) in [4.78, 5) is 23.6. The molecule has 0 aliphatic heterocycles. The van der Waals surface area contributed by atoms with Crippen molar-refractivity contribution in [3.05, 3.63) is 41.8 Å². The van der Waals surface area contributed by atoms with Crippen molar-refractivity contribution >= 4 is 27.5 Å². The van der Waals surface area contributed by atoms with E-state index < -0.39 is 5.97 Å². The highest BCUT2D eigenvalue weighted by atomic mass is 32.1. The van der Waals surface area contributed by atoms with Crippen molar-refractivity contribution in [3.63, 3.8) is 0 Å². The van der Waals surface area contributed by atoms with Crippen LogP contribution in [0.25, 0.3) is 10.2 Å². The Kier molecular flexibility index (Phi) is 2.81. The van der Waals surface area contributed by atoms with Crippen LogP contribution in [-0.2, 0) is 0 Å². The molecule has 0 atom stereocenters. The van der Waals surface area contributed by atoms with Gasteiger partial charge in [-0.3, -0.25) is 4.98 Å². The number of rotatable bonds is 3. The number of aromatic carboxylic acids is 1. The maximum atomic E-state index is 10.9. The van der Waals surface area contributed by atoms with Crippen molar-refractivity contribution in [2.75, 3.05) is 0 Å². The van der Waals surface area contributed by atoms with Gasteiger partial charge in [0.05, 0.1) is 17.1 Å². The zero-order valence-electron chi connectivity index (χ0n) is 9.48. The van der Waals surface area contributed by atoms with E-state index in [0.717, 1.165) is 10.2 Å². The lowest BCUT2D eigenvalue weighted by Crippen LogP contribution is -1.98. The first kappa shape index (κ1) is 11.5. The lowest BCUT2D eigenvalue weighted by atomic mass is 10.3. The summed E-state index contributed by atoms with van der Waals surface area (Å²) < 4.78 is 5.57. The Morgan fingerprint density at radius 2 is 2.21 bits per heavy atom. The maximum Gasteiger partial charge on any atom is 0.337 e. The molecular formula is C12H7N3O3S. The lowest BCUT2D eigenvalue weighted by Gasteiger charge is -2.05. The molecule has 0 unspecified atom stereocenters. The highest BCUT2D eigenvalue weighted by Crippen LogP contribution is 2.29. The molecule has 3 rings (SSSR count). The second kappa shape index (κ2) is 4.62. The fourth-order valence-electron chi connectivity index (χ4n) is 1.55. The summed E-state index contributed by atoms with van der Waals surface area (Å²) in [5.41, 5.74) is 0.0631. The third kappa shape index (κ3) is 2.23. The highest BCUT2D eigenvalue weighted by molar-refractivity contribution is 7.16. The molecule has 0 aliphatic carbocycles. The standard InChI is InChI=1S/C12H7N3O3S/c16-12(17)7-3-8(5-13-4-7)18-10-9-1-2-19-11(9)15-6-14-10/h1-6H,(H,16,17). The van der Waals surface area contributed by atoms with Crippen LogP contribution in [0.15, 0.2) is 36.2 Å². The number of hydrogen-bond donors (Lipinski definition) is 1. The minimum atomic E-state index is -1.05. The Hall–Kier alpha value is -2.54. The van der Waals surface area contributed by atoms with Gasteiger partial charge in [0.15, 0.2) is 0 Å². The zero-order chi connectivity index (χ0) is 13.2. The van der Waals surface area contributed by atoms with Gasteiger partial charge in [-0.1, -0.05) is 0 Å². The first-order valence-corrected chi connectivity index (χ1v) is 6.16. The average molecular weight is 273 g/mol. The Bertz CT molecular complexity index is 757. The molecule has 7 heteroatoms. The number of pyridine rings is 1. The van der Waals surface area contributed by atoms with Gasteiger partial charge in [0, 0.05) is 6.20 Å². The van der Waals surface area contributed by atoms with Gasteiger partial charge in [-0.25, -0.2) is 14.8 Å². The number of carboxylic acids is 1. The molecule has 0 amide bonds. The fraction of sp³-hybridized carbons (Fsp3) is 0. The van der Waals surface area contributed by atoms with Crippen molar-refractivity contribution in [2.24, 2.45) is 0 Å². The highest BCUT2D eigenvalue weighted by Gasteiger charge is 2.09. The molecule has 0 aliphatic rings. The lowest BCUT2D eigenvalue weighted by molar-refractivity contribution is 0.0696. The van der Waals surface area contributed by atoms with E-state index >= 15 is 0 Å². The van der Waals surface area contributed by atoms with Gasteiger partial charge in [-0.15, -0.1) is 11.3 Å². The molecule has 94 valence electrons. The molecule has 6 nitrogen and oxygen atoms in total. The number of nitrogens with zero attached hydrogens (tertiary/aromatic N) is 3. The average Bonchev–Trinajstić information content (AvgIpc) is 2.88. The monoisotopic (exact) mass is 273 g/mol. The van der Waals surface area contributed by atoms with E-state index in [9.17, 15) is 4.79 Å². The molecule has 0 fully saturated rings. The largest absolute Gasteiger partial charge is 0.478 e. The molecule has 3 heterocycles. The van der Waals surface area contributed by atoms with Crippen LogP contribution in [-0.4, -0.2) is 26.0 Å². The number of ether oxygens (including phenoxy) is 1. The van der Waals surface area contributed by atoms with E-state index in [-0.39, 0.29) is 5.56 Å². The van der Waals surface area contributed by atoms with Crippen molar-refractivity contribution < 1.29 is 14.6 Å². The Balaban J connectivity index is 1.99. The number of aromatic nitrogens is 3. The van der Waals surface area contributed by atoms with Crippen LogP contribution in [0.1, 0.15) is 10.4 Å². The molecule has 0 bridgehead atoms. The number of hydrogen-bond acceptors (Lipinski definition) is 6. The minimum absolute atomic E-state index is 0.0631. The fourth-order valence-corrected chi connectivity index (χ4v) is 2.28. The molecule has 0 spiro atoms. The topological polar surface area (TPSA) is 85.2 Å². The number of carboxylic acid groups (broad SMARTS) is 1. The smallest absolute Gasteiger partial charge is 0.337 e. The molecule has 0 saturated carbocycles. The summed E-state index contributed by atoms with van der Waals surface area (Å²) in [6.07, 6.45) is 4.10. The minimum Gasteiger partial charge on any atom is -0.478 e. The van der Waals surface area contributed by atoms with Crippen molar-refractivity contribution in [2.45, 2.75) is 0 Å². The third-order valence-corrected chi connectivity index (χ3v) is 3.22. The summed E-state index contributed by atoms with van der Waals surface area (Å²) in [7, 11) is 0. The summed E-state index contributed by atoms with van der Waals surface area (Å²) in [6.45, 7) is 0. The summed E-state index contributed by atoms with van der Waals surface area (Å²) in [5, 5.41) is 11.6. The number of carbonyl (C=O) groups is 1. The summed E-state index contributed by atoms with van der Waals surface area (Å²) >= 11 is 1.48. The molecule has 3 aromatic rings. The van der Waals surface area contributed by atoms with Gasteiger partial charge in [0.1, 0.15) is 16.9 Å². The predicted molar refractivity (Wildman–Crippen MR) is 68.7 cm³/mol. The third-order valence-electron chi connectivity index (χ3n) is 2.40. The second-order valence-electron chi connectivity index (χ2n) is 3.63. The predicted octanol–water partition coefficient (Wildman–Crippen LogP) is 2.58. The Labute approximate surface area is 111 Å². The SMILES string of the molecule is O=C(O)c1cncc(Oc2ncnc3sccc23)c1. The summed E-state index contributed by atoms with van der Waals surface area (Å²) in [5.74, 6) is -0.344. The van der Waals surface area contributed by atoms with Crippen molar-refractivity contribution in [1.82, 2.24) is 15.0 Å². The molecule has 0 saturated heterocycles. The van der Waals surface area contributed by atoms with Gasteiger partial charge in [-0.2, -0.15) is 0 Å². The van der Waals surface area contributed by atoms with E-state index in [1.54, 1.807) is 0 Å². The quantitative estimate of drug-likeness (QED) is 0.789. The zero-order valence-corrected chi connectivity index (χ0v) is 10.3. The van der Waals surface area contributed by atoms with Gasteiger partial charge < -0.3 is 9.84 Å². The van der Waals surface area contributed by atoms with Crippen LogP contribution in [0, 0.1) is 0 Å². The van der Waals surface area contributed by atoms with E-state index in [4.69, 9.17) is 9.84 Å². The molecule has 1 N–H and O–H groups in total. The van der Waals surface area contributed by atoms with E-state index in [1.165, 1.54) is 36.1 Å². The van der Waals surface area contributed by atoms with Crippen LogP contribution in [0.2, 0.25) is 0 Å². The van der Waals surface area contributed by atoms with Gasteiger partial charge in [0.25, 0.3) is 0 Å². The number of fused-ring (bicyclic) bond motifs is 1. The van der Waals surface area contributed by atoms with Gasteiger partial charge >= 0.3 is 5.97 Å². The van der Waals surface area contributed by atoms with E-state index in [1.807, 2.05) is 11.4 Å². The van der Waals surface area contributed by atoms with Gasteiger partial charge in [-0.05, 0) is 17.5 Å². The van der Waals surface area contributed by atoms with Crippen LogP contribution >= 0.6 is 11.3 Å². The first-order chi connectivity index (χ1) is 9.24. The van der Waals surface area contributed by atoms with Crippen molar-refractivity contribution in [1.29, 1.82) is 0 Å². The summed E-state index contributed by atoms with van der Waals surface area (Å²) in [6, 6.07) is 3.25. The van der Waals surface area contributed by atoms with E-state index in [2.05, 4.69) is 15.0 Å². The van der Waals surface area contributed by atoms with Gasteiger partial charge in [0.2, 0.25) is 5.88 Å². The normalized spacial score (nSPS) is 10.5. The van der Waals surface area contributed by atoms with Crippen molar-refractivity contribution in [3.8, 4) is 11.6 Å². The Morgan fingerprint density at radius 3 is 3.05 bits per heavy atom. The van der Waals surface area contributed by atoms with Crippen LogP contribution in [0.3, 0.4) is 0 Å². The maximum absolute atomic E-state index is 10.9. The molecule has 19 heavy (non-hydrogen) atoms. The van der Waals surface area contributed by atoms with Crippen LogP contribution < -0.4 is 4.74 Å². The molecule has 3 aromatic heterocycles. The van der Waals surface area contributed by atoms with Crippen LogP contribution in [0.5, 0.6) is 11.6 Å². The van der Waals surface area contributed by atoms with E-state index in [0.29, 0.717) is 11.6 Å².